The van der Waals surface area contributed by atoms with E-state index in [4.69, 9.17) is 0 Å². The van der Waals surface area contributed by atoms with Crippen molar-refractivity contribution in [1.29, 1.82) is 0 Å². The minimum atomic E-state index is -0.325. The smallest absolute Gasteiger partial charge is 0.228 e. The lowest BCUT2D eigenvalue weighted by molar-refractivity contribution is -0.115. The van der Waals surface area contributed by atoms with Crippen molar-refractivity contribution >= 4 is 49.9 Å². The van der Waals surface area contributed by atoms with Gasteiger partial charge in [-0.05, 0) is 54.1 Å². The molecule has 5 nitrogen and oxygen atoms in total. The number of carbonyl (C=O) groups is 1. The van der Waals surface area contributed by atoms with E-state index in [1.807, 2.05) is 36.4 Å². The molecule has 7 heteroatoms. The molecule has 0 saturated heterocycles. The van der Waals surface area contributed by atoms with Gasteiger partial charge in [0.1, 0.15) is 18.0 Å². The van der Waals surface area contributed by atoms with E-state index in [1.54, 1.807) is 18.2 Å². The molecule has 0 spiro atoms. The van der Waals surface area contributed by atoms with Gasteiger partial charge in [0.2, 0.25) is 5.91 Å². The summed E-state index contributed by atoms with van der Waals surface area (Å²) in [5.74, 6) is 0.131. The van der Waals surface area contributed by atoms with Gasteiger partial charge in [-0.3, -0.25) is 4.79 Å². The van der Waals surface area contributed by atoms with Crippen LogP contribution in [-0.4, -0.2) is 15.9 Å². The number of carbonyl (C=O) groups excluding carboxylic acids is 1. The molecule has 0 aliphatic rings. The Morgan fingerprint density at radius 1 is 0.966 bits per heavy atom. The van der Waals surface area contributed by atoms with Gasteiger partial charge >= 0.3 is 0 Å². The van der Waals surface area contributed by atoms with Gasteiger partial charge in [-0.2, -0.15) is 0 Å². The number of aromatic nitrogens is 2. The van der Waals surface area contributed by atoms with Gasteiger partial charge in [-0.25, -0.2) is 14.4 Å². The Kier molecular flexibility index (Phi) is 5.48. The molecule has 0 aliphatic carbocycles. The lowest BCUT2D eigenvalue weighted by atomic mass is 10.1. The number of rotatable bonds is 5. The van der Waals surface area contributed by atoms with E-state index in [9.17, 15) is 9.18 Å². The van der Waals surface area contributed by atoms with Crippen LogP contribution in [0.1, 0.15) is 5.56 Å². The number of nitrogens with one attached hydrogen (secondary N) is 2. The normalized spacial score (nSPS) is 10.7. The first kappa shape index (κ1) is 19.0. The van der Waals surface area contributed by atoms with E-state index < -0.39 is 0 Å². The maximum atomic E-state index is 13.0. The van der Waals surface area contributed by atoms with Crippen molar-refractivity contribution in [2.24, 2.45) is 0 Å². The molecule has 29 heavy (non-hydrogen) atoms. The molecule has 0 fully saturated rings. The van der Waals surface area contributed by atoms with Crippen LogP contribution in [0.25, 0.3) is 10.9 Å². The maximum absolute atomic E-state index is 13.0. The molecule has 0 radical (unpaired) electrons. The van der Waals surface area contributed by atoms with Crippen molar-refractivity contribution in [3.63, 3.8) is 0 Å². The summed E-state index contributed by atoms with van der Waals surface area (Å²) in [6, 6.07) is 19.1. The molecule has 0 unspecified atom stereocenters. The third-order valence-electron chi connectivity index (χ3n) is 4.28. The van der Waals surface area contributed by atoms with E-state index in [2.05, 4.69) is 36.5 Å². The summed E-state index contributed by atoms with van der Waals surface area (Å²) in [6.07, 6.45) is 1.65. The van der Waals surface area contributed by atoms with Crippen molar-refractivity contribution in [3.8, 4) is 0 Å². The monoisotopic (exact) mass is 450 g/mol. The molecule has 3 aromatic carbocycles. The molecular weight excluding hydrogens is 435 g/mol. The van der Waals surface area contributed by atoms with Crippen molar-refractivity contribution in [1.82, 2.24) is 9.97 Å². The SMILES string of the molecule is O=C(Cc1ccc(F)cc1)Nc1ccc2ncnc(Nc3cccc(Br)c3)c2c1. The Morgan fingerprint density at radius 2 is 1.79 bits per heavy atom. The van der Waals surface area contributed by atoms with Gasteiger partial charge in [0.25, 0.3) is 0 Å². The van der Waals surface area contributed by atoms with Crippen LogP contribution in [0.15, 0.2) is 77.5 Å². The van der Waals surface area contributed by atoms with Crippen LogP contribution in [0.4, 0.5) is 21.6 Å². The van der Waals surface area contributed by atoms with Crippen LogP contribution in [0, 0.1) is 5.82 Å². The molecule has 144 valence electrons. The fourth-order valence-corrected chi connectivity index (χ4v) is 3.33. The minimum absolute atomic E-state index is 0.159. The third-order valence-corrected chi connectivity index (χ3v) is 4.78. The van der Waals surface area contributed by atoms with Crippen molar-refractivity contribution < 1.29 is 9.18 Å². The van der Waals surface area contributed by atoms with Gasteiger partial charge in [0.05, 0.1) is 11.9 Å². The Balaban J connectivity index is 1.56. The number of hydrogen-bond acceptors (Lipinski definition) is 4. The standard InChI is InChI=1S/C22H16BrFN4O/c23-15-2-1-3-17(11-15)28-22-19-12-18(8-9-20(19)25-13-26-22)27-21(29)10-14-4-6-16(24)7-5-14/h1-9,11-13H,10H2,(H,27,29)(H,25,26,28). The summed E-state index contributed by atoms with van der Waals surface area (Å²) in [6.45, 7) is 0. The largest absolute Gasteiger partial charge is 0.340 e. The zero-order valence-corrected chi connectivity index (χ0v) is 16.8. The van der Waals surface area contributed by atoms with E-state index in [0.717, 1.165) is 26.6 Å². The van der Waals surface area contributed by atoms with E-state index in [-0.39, 0.29) is 18.1 Å². The lowest BCUT2D eigenvalue weighted by Crippen LogP contribution is -2.14. The molecule has 1 heterocycles. The summed E-state index contributed by atoms with van der Waals surface area (Å²) in [4.78, 5) is 21.0. The molecule has 2 N–H and O–H groups in total. The maximum Gasteiger partial charge on any atom is 0.228 e. The van der Waals surface area contributed by atoms with Gasteiger partial charge < -0.3 is 10.6 Å². The highest BCUT2D eigenvalue weighted by molar-refractivity contribution is 9.10. The predicted octanol–water partition coefficient (Wildman–Crippen LogP) is 5.46. The van der Waals surface area contributed by atoms with Crippen LogP contribution >= 0.6 is 15.9 Å². The second kappa shape index (κ2) is 8.36. The lowest BCUT2D eigenvalue weighted by Gasteiger charge is -2.11. The first-order valence-electron chi connectivity index (χ1n) is 8.88. The number of nitrogens with zero attached hydrogens (tertiary/aromatic N) is 2. The van der Waals surface area contributed by atoms with E-state index >= 15 is 0 Å². The molecule has 4 rings (SSSR count). The molecule has 0 bridgehead atoms. The van der Waals surface area contributed by atoms with Crippen LogP contribution in [-0.2, 0) is 11.2 Å². The van der Waals surface area contributed by atoms with Crippen LogP contribution < -0.4 is 10.6 Å². The fourth-order valence-electron chi connectivity index (χ4n) is 2.93. The number of amides is 1. The highest BCUT2D eigenvalue weighted by atomic mass is 79.9. The Hall–Kier alpha value is -3.32. The minimum Gasteiger partial charge on any atom is -0.340 e. The second-order valence-electron chi connectivity index (χ2n) is 6.44. The third kappa shape index (κ3) is 4.75. The molecule has 0 saturated carbocycles. The average molecular weight is 451 g/mol. The Bertz CT molecular complexity index is 1180. The Morgan fingerprint density at radius 3 is 2.59 bits per heavy atom. The van der Waals surface area contributed by atoms with E-state index in [1.165, 1.54) is 18.5 Å². The van der Waals surface area contributed by atoms with Crippen molar-refractivity contribution in [2.75, 3.05) is 10.6 Å². The van der Waals surface area contributed by atoms with Gasteiger partial charge in [-0.15, -0.1) is 0 Å². The molecule has 1 amide bonds. The van der Waals surface area contributed by atoms with Crippen LogP contribution in [0.3, 0.4) is 0 Å². The topological polar surface area (TPSA) is 66.9 Å². The summed E-state index contributed by atoms with van der Waals surface area (Å²) in [5, 5.41) is 6.94. The van der Waals surface area contributed by atoms with Crippen molar-refractivity contribution in [2.45, 2.75) is 6.42 Å². The summed E-state index contributed by atoms with van der Waals surface area (Å²) in [7, 11) is 0. The van der Waals surface area contributed by atoms with E-state index in [0.29, 0.717) is 11.5 Å². The molecular formula is C22H16BrFN4O. The number of benzene rings is 3. The molecule has 1 aromatic heterocycles. The molecule has 0 atom stereocenters. The number of fused-ring (bicyclic) bond motifs is 1. The number of hydrogen-bond donors (Lipinski definition) is 2. The summed E-state index contributed by atoms with van der Waals surface area (Å²) in [5.41, 5.74) is 3.01. The van der Waals surface area contributed by atoms with Crippen LogP contribution in [0.2, 0.25) is 0 Å². The highest BCUT2D eigenvalue weighted by Crippen LogP contribution is 2.27. The first-order chi connectivity index (χ1) is 14.1. The van der Waals surface area contributed by atoms with Gasteiger partial charge in [-0.1, -0.05) is 34.1 Å². The number of halogens is 2. The second-order valence-corrected chi connectivity index (χ2v) is 7.36. The quantitative estimate of drug-likeness (QED) is 0.423. The van der Waals surface area contributed by atoms with Gasteiger partial charge in [0.15, 0.2) is 0 Å². The highest BCUT2D eigenvalue weighted by Gasteiger charge is 2.09. The summed E-state index contributed by atoms with van der Waals surface area (Å²) >= 11 is 3.45. The fraction of sp³-hybridized carbons (Fsp3) is 0.0455. The average Bonchev–Trinajstić information content (AvgIpc) is 2.70. The first-order valence-corrected chi connectivity index (χ1v) is 9.68. The van der Waals surface area contributed by atoms with Gasteiger partial charge in [0, 0.05) is 21.2 Å². The number of anilines is 3. The zero-order valence-electron chi connectivity index (χ0n) is 15.2. The zero-order chi connectivity index (χ0) is 20.2. The van der Waals surface area contributed by atoms with Crippen molar-refractivity contribution in [3.05, 3.63) is 88.9 Å². The summed E-state index contributed by atoms with van der Waals surface area (Å²) < 4.78 is 14.0. The molecule has 4 aromatic rings. The molecule has 0 aliphatic heterocycles. The Labute approximate surface area is 175 Å². The van der Waals surface area contributed by atoms with Crippen LogP contribution in [0.5, 0.6) is 0 Å². The predicted molar refractivity (Wildman–Crippen MR) is 116 cm³/mol.